The van der Waals surface area contributed by atoms with E-state index in [2.05, 4.69) is 14.9 Å². The van der Waals surface area contributed by atoms with Crippen LogP contribution in [-0.4, -0.2) is 55.0 Å². The molecule has 8 nitrogen and oxygen atoms in total. The van der Waals surface area contributed by atoms with Gasteiger partial charge in [0.2, 0.25) is 0 Å². The fraction of sp³-hybridized carbons (Fsp3) is 0.500. The summed E-state index contributed by atoms with van der Waals surface area (Å²) in [5.41, 5.74) is 3.40. The van der Waals surface area contributed by atoms with Gasteiger partial charge in [-0.1, -0.05) is 0 Å². The summed E-state index contributed by atoms with van der Waals surface area (Å²) >= 11 is 0. The van der Waals surface area contributed by atoms with Crippen LogP contribution >= 0.6 is 0 Å². The summed E-state index contributed by atoms with van der Waals surface area (Å²) in [6.07, 6.45) is 3.80. The Morgan fingerprint density at radius 1 is 1.07 bits per heavy atom. The second kappa shape index (κ2) is 8.87. The average molecular weight is 412 g/mol. The van der Waals surface area contributed by atoms with Gasteiger partial charge < -0.3 is 19.2 Å². The van der Waals surface area contributed by atoms with Crippen LogP contribution in [0.5, 0.6) is 17.2 Å². The standard InChI is InChI=1S/C22H28N4O4/c1-28-14-10-19(29-2)16(20(11-14)30-3)13-26-9-7-17-15(12-26)22(27)25-21(24-17)18-6-4-5-8-23-18/h10-11H,4-9,12-13H2,1-3H3,(H,24,25,27). The van der Waals surface area contributed by atoms with Crippen LogP contribution in [0.25, 0.3) is 0 Å². The number of aliphatic imine (C=N–C) groups is 1. The first-order valence-corrected chi connectivity index (χ1v) is 10.3. The van der Waals surface area contributed by atoms with E-state index in [9.17, 15) is 4.79 Å². The molecular weight excluding hydrogens is 384 g/mol. The van der Waals surface area contributed by atoms with Crippen molar-refractivity contribution in [3.63, 3.8) is 0 Å². The number of rotatable bonds is 6. The van der Waals surface area contributed by atoms with Crippen LogP contribution in [-0.2, 0) is 19.5 Å². The first-order valence-electron chi connectivity index (χ1n) is 10.3. The summed E-state index contributed by atoms with van der Waals surface area (Å²) in [5.74, 6) is 2.73. The lowest BCUT2D eigenvalue weighted by Crippen LogP contribution is -2.36. The molecule has 0 unspecified atom stereocenters. The minimum Gasteiger partial charge on any atom is -0.496 e. The fourth-order valence-electron chi connectivity index (χ4n) is 4.10. The molecule has 2 aliphatic heterocycles. The monoisotopic (exact) mass is 412 g/mol. The highest BCUT2D eigenvalue weighted by molar-refractivity contribution is 5.97. The molecule has 1 N–H and O–H groups in total. The van der Waals surface area contributed by atoms with Crippen molar-refractivity contribution in [2.45, 2.75) is 38.8 Å². The molecule has 4 rings (SSSR count). The number of nitrogens with zero attached hydrogens (tertiary/aromatic N) is 3. The van der Waals surface area contributed by atoms with Crippen molar-refractivity contribution in [2.24, 2.45) is 4.99 Å². The molecule has 0 aliphatic carbocycles. The van der Waals surface area contributed by atoms with Gasteiger partial charge in [-0.3, -0.25) is 14.7 Å². The minimum absolute atomic E-state index is 0.0679. The van der Waals surface area contributed by atoms with Gasteiger partial charge in [-0.15, -0.1) is 0 Å². The van der Waals surface area contributed by atoms with E-state index in [4.69, 9.17) is 19.2 Å². The number of ether oxygens (including phenoxy) is 3. The molecule has 0 bridgehead atoms. The Balaban J connectivity index is 1.58. The Labute approximate surface area is 175 Å². The first-order chi connectivity index (χ1) is 14.6. The van der Waals surface area contributed by atoms with Gasteiger partial charge in [0, 0.05) is 44.7 Å². The lowest BCUT2D eigenvalue weighted by atomic mass is 10.0. The minimum atomic E-state index is -0.0679. The van der Waals surface area contributed by atoms with E-state index in [0.717, 1.165) is 61.3 Å². The summed E-state index contributed by atoms with van der Waals surface area (Å²) in [7, 11) is 4.88. The van der Waals surface area contributed by atoms with Gasteiger partial charge in [0.05, 0.1) is 43.9 Å². The first kappa shape index (κ1) is 20.4. The van der Waals surface area contributed by atoms with Crippen molar-refractivity contribution in [2.75, 3.05) is 34.4 Å². The largest absolute Gasteiger partial charge is 0.496 e. The summed E-state index contributed by atoms with van der Waals surface area (Å²) < 4.78 is 16.5. The van der Waals surface area contributed by atoms with E-state index in [1.54, 1.807) is 21.3 Å². The van der Waals surface area contributed by atoms with Crippen molar-refractivity contribution in [1.29, 1.82) is 0 Å². The highest BCUT2D eigenvalue weighted by Gasteiger charge is 2.25. The van der Waals surface area contributed by atoms with Gasteiger partial charge >= 0.3 is 0 Å². The van der Waals surface area contributed by atoms with Crippen LogP contribution in [0.2, 0.25) is 0 Å². The maximum Gasteiger partial charge on any atom is 0.255 e. The molecule has 0 saturated heterocycles. The molecule has 0 spiro atoms. The molecule has 0 radical (unpaired) electrons. The molecular formula is C22H28N4O4. The van der Waals surface area contributed by atoms with Gasteiger partial charge in [-0.05, 0) is 19.3 Å². The molecule has 2 aromatic rings. The van der Waals surface area contributed by atoms with E-state index in [1.807, 2.05) is 12.1 Å². The predicted molar refractivity (Wildman–Crippen MR) is 114 cm³/mol. The van der Waals surface area contributed by atoms with Crippen LogP contribution in [0.3, 0.4) is 0 Å². The molecule has 3 heterocycles. The molecule has 0 saturated carbocycles. The number of H-pyrrole nitrogens is 1. The Morgan fingerprint density at radius 3 is 2.47 bits per heavy atom. The average Bonchev–Trinajstić information content (AvgIpc) is 2.79. The van der Waals surface area contributed by atoms with Crippen LogP contribution in [0.4, 0.5) is 0 Å². The Bertz CT molecular complexity index is 990. The zero-order valence-corrected chi connectivity index (χ0v) is 17.8. The number of aromatic amines is 1. The van der Waals surface area contributed by atoms with E-state index >= 15 is 0 Å². The third-order valence-corrected chi connectivity index (χ3v) is 5.74. The van der Waals surface area contributed by atoms with Gasteiger partial charge in [-0.2, -0.15) is 0 Å². The quantitative estimate of drug-likeness (QED) is 0.783. The zero-order chi connectivity index (χ0) is 21.1. The molecule has 30 heavy (non-hydrogen) atoms. The smallest absolute Gasteiger partial charge is 0.255 e. The maximum atomic E-state index is 12.8. The summed E-state index contributed by atoms with van der Waals surface area (Å²) in [6, 6.07) is 3.70. The summed E-state index contributed by atoms with van der Waals surface area (Å²) in [5, 5.41) is 0. The molecule has 160 valence electrons. The van der Waals surface area contributed by atoms with Gasteiger partial charge in [-0.25, -0.2) is 4.98 Å². The summed E-state index contributed by atoms with van der Waals surface area (Å²) in [6.45, 7) is 2.75. The van der Waals surface area contributed by atoms with Crippen LogP contribution in [0, 0.1) is 0 Å². The van der Waals surface area contributed by atoms with E-state index < -0.39 is 0 Å². The fourth-order valence-corrected chi connectivity index (χ4v) is 4.10. The number of hydrogen-bond acceptors (Lipinski definition) is 7. The second-order valence-corrected chi connectivity index (χ2v) is 7.60. The van der Waals surface area contributed by atoms with E-state index in [0.29, 0.717) is 36.2 Å². The van der Waals surface area contributed by atoms with Crippen molar-refractivity contribution < 1.29 is 14.2 Å². The van der Waals surface area contributed by atoms with Crippen LogP contribution < -0.4 is 19.8 Å². The molecule has 8 heteroatoms. The lowest BCUT2D eigenvalue weighted by molar-refractivity contribution is 0.233. The van der Waals surface area contributed by atoms with Gasteiger partial charge in [0.1, 0.15) is 17.2 Å². The molecule has 2 aliphatic rings. The molecule has 0 amide bonds. The second-order valence-electron chi connectivity index (χ2n) is 7.60. The van der Waals surface area contributed by atoms with Crippen molar-refractivity contribution >= 4 is 5.71 Å². The molecule has 1 aromatic heterocycles. The van der Waals surface area contributed by atoms with Crippen molar-refractivity contribution in [3.05, 3.63) is 45.1 Å². The third kappa shape index (κ3) is 4.05. The van der Waals surface area contributed by atoms with Crippen LogP contribution in [0.15, 0.2) is 21.9 Å². The van der Waals surface area contributed by atoms with Gasteiger partial charge in [0.25, 0.3) is 5.56 Å². The molecule has 0 fully saturated rings. The number of hydrogen-bond donors (Lipinski definition) is 1. The van der Waals surface area contributed by atoms with Gasteiger partial charge in [0.15, 0.2) is 5.82 Å². The molecule has 1 aromatic carbocycles. The highest BCUT2D eigenvalue weighted by Crippen LogP contribution is 2.35. The lowest BCUT2D eigenvalue weighted by Gasteiger charge is -2.29. The normalized spacial score (nSPS) is 16.6. The van der Waals surface area contributed by atoms with Crippen molar-refractivity contribution in [3.8, 4) is 17.2 Å². The summed E-state index contributed by atoms with van der Waals surface area (Å²) in [4.78, 5) is 27.3. The third-order valence-electron chi connectivity index (χ3n) is 5.74. The SMILES string of the molecule is COc1cc(OC)c(CN2CCc3nc(C4=NCCCC4)[nH]c(=O)c3C2)c(OC)c1. The highest BCUT2D eigenvalue weighted by atomic mass is 16.5. The topological polar surface area (TPSA) is 89.0 Å². The Hall–Kier alpha value is -2.87. The number of methoxy groups -OCH3 is 3. The van der Waals surface area contributed by atoms with Crippen LogP contribution in [0.1, 0.15) is 41.9 Å². The number of nitrogens with one attached hydrogen (secondary N) is 1. The molecule has 0 atom stereocenters. The zero-order valence-electron chi connectivity index (χ0n) is 17.8. The predicted octanol–water partition coefficient (Wildman–Crippen LogP) is 2.33. The number of benzene rings is 1. The van der Waals surface area contributed by atoms with E-state index in [1.165, 1.54) is 0 Å². The maximum absolute atomic E-state index is 12.8. The Morgan fingerprint density at radius 2 is 1.83 bits per heavy atom. The number of fused-ring (bicyclic) bond motifs is 1. The Kier molecular flexibility index (Phi) is 6.03. The van der Waals surface area contributed by atoms with Crippen molar-refractivity contribution in [1.82, 2.24) is 14.9 Å². The number of aromatic nitrogens is 2. The van der Waals surface area contributed by atoms with E-state index in [-0.39, 0.29) is 5.56 Å².